The highest BCUT2D eigenvalue weighted by Gasteiger charge is 2.07. The van der Waals surface area contributed by atoms with E-state index in [-0.39, 0.29) is 0 Å². The molecule has 4 nitrogen and oxygen atoms in total. The average Bonchev–Trinajstić information content (AvgIpc) is 2.55. The van der Waals surface area contributed by atoms with Gasteiger partial charge in [-0.25, -0.2) is 4.98 Å². The van der Waals surface area contributed by atoms with Gasteiger partial charge in [-0.2, -0.15) is 5.26 Å². The third-order valence-corrected chi connectivity index (χ3v) is 3.30. The first kappa shape index (κ1) is 12.9. The van der Waals surface area contributed by atoms with E-state index in [1.807, 2.05) is 42.5 Å². The van der Waals surface area contributed by atoms with Crippen LogP contribution in [0.25, 0.3) is 10.8 Å². The van der Waals surface area contributed by atoms with Crippen LogP contribution in [0.1, 0.15) is 11.3 Å². The highest BCUT2D eigenvalue weighted by Crippen LogP contribution is 2.30. The molecular weight excluding hydrogens is 262 g/mol. The van der Waals surface area contributed by atoms with Gasteiger partial charge in [0.2, 0.25) is 0 Å². The molecule has 0 radical (unpaired) electrons. The second kappa shape index (κ2) is 5.51. The molecular formula is C17H13N3O. The van der Waals surface area contributed by atoms with Gasteiger partial charge in [-0.1, -0.05) is 30.3 Å². The summed E-state index contributed by atoms with van der Waals surface area (Å²) in [7, 11) is 0. The van der Waals surface area contributed by atoms with Gasteiger partial charge in [0.05, 0.1) is 0 Å². The van der Waals surface area contributed by atoms with Gasteiger partial charge in [0, 0.05) is 28.2 Å². The van der Waals surface area contributed by atoms with Crippen molar-refractivity contribution >= 4 is 16.5 Å². The lowest BCUT2D eigenvalue weighted by atomic mass is 10.1. The standard InChI is InChI=1S/C17H13N3O/c18-10-16-12(4-3-9-20-16)11-21-17-8-7-15(19)13-5-1-2-6-14(13)17/h1-9H,11,19H2. The maximum Gasteiger partial charge on any atom is 0.147 e. The predicted molar refractivity (Wildman–Crippen MR) is 81.6 cm³/mol. The summed E-state index contributed by atoms with van der Waals surface area (Å²) in [5.41, 5.74) is 7.84. The van der Waals surface area contributed by atoms with E-state index in [4.69, 9.17) is 15.7 Å². The Hall–Kier alpha value is -3.06. The number of aromatic nitrogens is 1. The highest BCUT2D eigenvalue weighted by molar-refractivity contribution is 5.96. The molecule has 0 saturated carbocycles. The van der Waals surface area contributed by atoms with E-state index >= 15 is 0 Å². The SMILES string of the molecule is N#Cc1ncccc1COc1ccc(N)c2ccccc12. The van der Waals surface area contributed by atoms with Crippen molar-refractivity contribution in [3.05, 3.63) is 66.0 Å². The molecule has 0 aliphatic rings. The molecule has 1 heterocycles. The predicted octanol–water partition coefficient (Wildman–Crippen LogP) is 3.27. The Morgan fingerprint density at radius 1 is 1.05 bits per heavy atom. The number of ether oxygens (including phenoxy) is 1. The number of anilines is 1. The van der Waals surface area contributed by atoms with Crippen LogP contribution >= 0.6 is 0 Å². The summed E-state index contributed by atoms with van der Waals surface area (Å²) >= 11 is 0. The van der Waals surface area contributed by atoms with Crippen LogP contribution in [0.15, 0.2) is 54.7 Å². The lowest BCUT2D eigenvalue weighted by molar-refractivity contribution is 0.309. The van der Waals surface area contributed by atoms with Crippen LogP contribution in [0.5, 0.6) is 5.75 Å². The number of nitrogen functional groups attached to an aromatic ring is 1. The van der Waals surface area contributed by atoms with Gasteiger partial charge in [-0.15, -0.1) is 0 Å². The van der Waals surface area contributed by atoms with Crippen LogP contribution in [-0.4, -0.2) is 4.98 Å². The second-order valence-electron chi connectivity index (χ2n) is 4.61. The van der Waals surface area contributed by atoms with Gasteiger partial charge in [-0.05, 0) is 18.2 Å². The number of nitriles is 1. The quantitative estimate of drug-likeness (QED) is 0.745. The minimum atomic E-state index is 0.296. The Balaban J connectivity index is 1.93. The zero-order chi connectivity index (χ0) is 14.7. The van der Waals surface area contributed by atoms with E-state index in [0.29, 0.717) is 12.3 Å². The van der Waals surface area contributed by atoms with E-state index in [0.717, 1.165) is 27.8 Å². The molecule has 2 N–H and O–H groups in total. The number of rotatable bonds is 3. The fourth-order valence-electron chi connectivity index (χ4n) is 2.23. The number of hydrogen-bond acceptors (Lipinski definition) is 4. The van der Waals surface area contributed by atoms with Crippen LogP contribution in [-0.2, 0) is 6.61 Å². The van der Waals surface area contributed by atoms with Crippen molar-refractivity contribution in [1.82, 2.24) is 4.98 Å². The molecule has 0 atom stereocenters. The van der Waals surface area contributed by atoms with E-state index < -0.39 is 0 Å². The molecule has 0 amide bonds. The zero-order valence-electron chi connectivity index (χ0n) is 11.3. The zero-order valence-corrected chi connectivity index (χ0v) is 11.3. The summed E-state index contributed by atoms with van der Waals surface area (Å²) in [6.07, 6.45) is 1.60. The molecule has 0 spiro atoms. The Bertz CT molecular complexity index is 837. The Labute approximate surface area is 122 Å². The first-order valence-electron chi connectivity index (χ1n) is 6.53. The van der Waals surface area contributed by atoms with Crippen LogP contribution in [0.2, 0.25) is 0 Å². The Kier molecular flexibility index (Phi) is 3.40. The number of nitrogens with two attached hydrogens (primary N) is 1. The molecule has 21 heavy (non-hydrogen) atoms. The van der Waals surface area contributed by atoms with Crippen molar-refractivity contribution in [1.29, 1.82) is 5.26 Å². The monoisotopic (exact) mass is 275 g/mol. The minimum Gasteiger partial charge on any atom is -0.488 e. The third-order valence-electron chi connectivity index (χ3n) is 3.30. The highest BCUT2D eigenvalue weighted by atomic mass is 16.5. The first-order valence-corrected chi connectivity index (χ1v) is 6.53. The normalized spacial score (nSPS) is 10.2. The molecule has 1 aromatic heterocycles. The number of benzene rings is 2. The molecule has 0 unspecified atom stereocenters. The fourth-order valence-corrected chi connectivity index (χ4v) is 2.23. The van der Waals surface area contributed by atoms with E-state index in [9.17, 15) is 0 Å². The summed E-state index contributed by atoms with van der Waals surface area (Å²) in [5.74, 6) is 0.743. The van der Waals surface area contributed by atoms with Crippen LogP contribution in [0.4, 0.5) is 5.69 Å². The largest absolute Gasteiger partial charge is 0.488 e. The average molecular weight is 275 g/mol. The first-order chi connectivity index (χ1) is 10.3. The van der Waals surface area contributed by atoms with Crippen LogP contribution < -0.4 is 10.5 Å². The van der Waals surface area contributed by atoms with Crippen LogP contribution in [0.3, 0.4) is 0 Å². The molecule has 2 aromatic carbocycles. The van der Waals surface area contributed by atoms with E-state index in [1.165, 1.54) is 0 Å². The summed E-state index contributed by atoms with van der Waals surface area (Å²) in [6.45, 7) is 0.296. The number of hydrogen-bond donors (Lipinski definition) is 1. The summed E-state index contributed by atoms with van der Waals surface area (Å²) in [6, 6.07) is 17.2. The van der Waals surface area contributed by atoms with Crippen molar-refractivity contribution in [3.8, 4) is 11.8 Å². The Morgan fingerprint density at radius 2 is 1.86 bits per heavy atom. The molecule has 102 valence electrons. The second-order valence-corrected chi connectivity index (χ2v) is 4.61. The molecule has 0 aliphatic heterocycles. The van der Waals surface area contributed by atoms with Gasteiger partial charge < -0.3 is 10.5 Å². The number of pyridine rings is 1. The van der Waals surface area contributed by atoms with Gasteiger partial charge in [-0.3, -0.25) is 0 Å². The summed E-state index contributed by atoms with van der Waals surface area (Å²) in [4.78, 5) is 4.02. The van der Waals surface area contributed by atoms with Crippen LogP contribution in [0, 0.1) is 11.3 Å². The number of fused-ring (bicyclic) bond motifs is 1. The molecule has 0 saturated heterocycles. The smallest absolute Gasteiger partial charge is 0.147 e. The minimum absolute atomic E-state index is 0.296. The maximum atomic E-state index is 9.04. The van der Waals surface area contributed by atoms with Crippen molar-refractivity contribution in [2.45, 2.75) is 6.61 Å². The molecule has 0 aliphatic carbocycles. The van der Waals surface area contributed by atoms with Crippen molar-refractivity contribution in [2.75, 3.05) is 5.73 Å². The van der Waals surface area contributed by atoms with Gasteiger partial charge in [0.1, 0.15) is 24.1 Å². The molecule has 0 bridgehead atoms. The Morgan fingerprint density at radius 3 is 2.67 bits per heavy atom. The van der Waals surface area contributed by atoms with Gasteiger partial charge >= 0.3 is 0 Å². The lowest BCUT2D eigenvalue weighted by Gasteiger charge is -2.11. The van der Waals surface area contributed by atoms with Crippen molar-refractivity contribution in [2.24, 2.45) is 0 Å². The third kappa shape index (κ3) is 2.49. The van der Waals surface area contributed by atoms with Gasteiger partial charge in [0.15, 0.2) is 0 Å². The summed E-state index contributed by atoms with van der Waals surface area (Å²) in [5, 5.41) is 11.0. The van der Waals surface area contributed by atoms with E-state index in [2.05, 4.69) is 11.1 Å². The van der Waals surface area contributed by atoms with Gasteiger partial charge in [0.25, 0.3) is 0 Å². The fraction of sp³-hybridized carbons (Fsp3) is 0.0588. The van der Waals surface area contributed by atoms with E-state index in [1.54, 1.807) is 12.3 Å². The summed E-state index contributed by atoms with van der Waals surface area (Å²) < 4.78 is 5.86. The van der Waals surface area contributed by atoms with Crippen molar-refractivity contribution < 1.29 is 4.74 Å². The lowest BCUT2D eigenvalue weighted by Crippen LogP contribution is -2.00. The molecule has 3 rings (SSSR count). The topological polar surface area (TPSA) is 71.9 Å². The molecule has 4 heteroatoms. The molecule has 3 aromatic rings. The molecule has 0 fully saturated rings. The maximum absolute atomic E-state index is 9.04. The van der Waals surface area contributed by atoms with Crippen molar-refractivity contribution in [3.63, 3.8) is 0 Å². The number of nitrogens with zero attached hydrogens (tertiary/aromatic N) is 2.